The van der Waals surface area contributed by atoms with Gasteiger partial charge < -0.3 is 5.32 Å². The Balaban J connectivity index is 1.25. The van der Waals surface area contributed by atoms with Gasteiger partial charge in [-0.2, -0.15) is 5.10 Å². The van der Waals surface area contributed by atoms with Crippen LogP contribution in [-0.4, -0.2) is 40.2 Å². The van der Waals surface area contributed by atoms with Gasteiger partial charge in [0.1, 0.15) is 0 Å². The molecule has 3 heterocycles. The maximum atomic E-state index is 12.4. The lowest BCUT2D eigenvalue weighted by Gasteiger charge is -2.22. The first kappa shape index (κ1) is 18.9. The van der Waals surface area contributed by atoms with Gasteiger partial charge in [-0.1, -0.05) is 18.2 Å². The van der Waals surface area contributed by atoms with Crippen molar-refractivity contribution in [1.82, 2.24) is 20.0 Å². The van der Waals surface area contributed by atoms with Crippen LogP contribution in [-0.2, 0) is 11.2 Å². The Labute approximate surface area is 170 Å². The third-order valence-corrected chi connectivity index (χ3v) is 6.29. The van der Waals surface area contributed by atoms with Crippen LogP contribution >= 0.6 is 11.3 Å². The summed E-state index contributed by atoms with van der Waals surface area (Å²) < 4.78 is 1.87. The number of amides is 1. The third kappa shape index (κ3) is 4.51. The zero-order chi connectivity index (χ0) is 19.3. The zero-order valence-corrected chi connectivity index (χ0v) is 17.0. The van der Waals surface area contributed by atoms with E-state index in [0.717, 1.165) is 37.1 Å². The number of benzene rings is 1. The fourth-order valence-corrected chi connectivity index (χ4v) is 4.81. The molecule has 5 nitrogen and oxygen atoms in total. The van der Waals surface area contributed by atoms with Crippen LogP contribution in [0, 0.1) is 6.92 Å². The lowest BCUT2D eigenvalue weighted by molar-refractivity contribution is -0.122. The normalized spacial score (nSPS) is 17.1. The third-order valence-electron chi connectivity index (χ3n) is 5.19. The molecule has 1 atom stereocenters. The zero-order valence-electron chi connectivity index (χ0n) is 16.2. The second-order valence-corrected chi connectivity index (χ2v) is 8.63. The van der Waals surface area contributed by atoms with Crippen molar-refractivity contribution >= 4 is 17.2 Å². The molecule has 1 fully saturated rings. The van der Waals surface area contributed by atoms with E-state index < -0.39 is 0 Å². The Morgan fingerprint density at radius 1 is 1.25 bits per heavy atom. The molecule has 1 aliphatic rings. The summed E-state index contributed by atoms with van der Waals surface area (Å²) in [5, 5.41) is 7.48. The molecule has 0 radical (unpaired) electrons. The van der Waals surface area contributed by atoms with Gasteiger partial charge in [0, 0.05) is 28.5 Å². The summed E-state index contributed by atoms with van der Waals surface area (Å²) in [6, 6.07) is 14.8. The van der Waals surface area contributed by atoms with E-state index in [-0.39, 0.29) is 5.91 Å². The first-order valence-corrected chi connectivity index (χ1v) is 10.7. The molecular formula is C22H26N4OS. The Morgan fingerprint density at radius 2 is 2.11 bits per heavy atom. The first-order chi connectivity index (χ1) is 13.7. The van der Waals surface area contributed by atoms with Gasteiger partial charge in [0.15, 0.2) is 0 Å². The molecule has 2 aromatic heterocycles. The van der Waals surface area contributed by atoms with Gasteiger partial charge in [0.2, 0.25) is 5.91 Å². The number of aromatic nitrogens is 2. The number of aryl methyl sites for hydroxylation is 1. The van der Waals surface area contributed by atoms with Crippen molar-refractivity contribution in [3.63, 3.8) is 0 Å². The number of thiophene rings is 1. The predicted octanol–water partition coefficient (Wildman–Crippen LogP) is 3.74. The van der Waals surface area contributed by atoms with Crippen molar-refractivity contribution in [2.45, 2.75) is 32.2 Å². The van der Waals surface area contributed by atoms with Gasteiger partial charge in [-0.3, -0.25) is 9.69 Å². The summed E-state index contributed by atoms with van der Waals surface area (Å²) in [5.74, 6) is 0.107. The van der Waals surface area contributed by atoms with Crippen molar-refractivity contribution in [3.8, 4) is 5.69 Å². The highest BCUT2D eigenvalue weighted by molar-refractivity contribution is 7.12. The number of para-hydroxylation sites is 1. The summed E-state index contributed by atoms with van der Waals surface area (Å²) in [7, 11) is 0. The fraction of sp³-hybridized carbons (Fsp3) is 0.364. The standard InChI is InChI=1S/C22H26N4OS/c1-17-9-10-21(28-17)20-8-5-13-25(20)16-22(27)23-12-11-18-14-24-26(15-18)19-6-3-2-4-7-19/h2-4,6-7,9-10,14-15,20H,5,8,11-13,16H2,1H3,(H,23,27). The van der Waals surface area contributed by atoms with Gasteiger partial charge in [-0.05, 0) is 62.6 Å². The molecule has 0 aliphatic carbocycles. The van der Waals surface area contributed by atoms with Crippen molar-refractivity contribution in [3.05, 3.63) is 70.2 Å². The van der Waals surface area contributed by atoms with Crippen molar-refractivity contribution in [2.75, 3.05) is 19.6 Å². The van der Waals surface area contributed by atoms with Gasteiger partial charge in [-0.25, -0.2) is 4.68 Å². The number of rotatable bonds is 7. The Kier molecular flexibility index (Phi) is 5.88. The summed E-state index contributed by atoms with van der Waals surface area (Å²) >= 11 is 1.85. The monoisotopic (exact) mass is 394 g/mol. The van der Waals surface area contributed by atoms with E-state index in [4.69, 9.17) is 0 Å². The summed E-state index contributed by atoms with van der Waals surface area (Å²) in [6.45, 7) is 4.25. The van der Waals surface area contributed by atoms with Crippen LogP contribution in [0.15, 0.2) is 54.9 Å². The van der Waals surface area contributed by atoms with E-state index in [1.54, 1.807) is 0 Å². The minimum atomic E-state index is 0.107. The molecule has 1 unspecified atom stereocenters. The average molecular weight is 395 g/mol. The smallest absolute Gasteiger partial charge is 0.234 e. The number of nitrogens with one attached hydrogen (secondary N) is 1. The molecule has 1 saturated heterocycles. The number of hydrogen-bond donors (Lipinski definition) is 1. The van der Waals surface area contributed by atoms with E-state index in [1.165, 1.54) is 9.75 Å². The number of likely N-dealkylation sites (tertiary alicyclic amines) is 1. The maximum Gasteiger partial charge on any atom is 0.234 e. The van der Waals surface area contributed by atoms with Crippen LogP contribution in [0.1, 0.15) is 34.2 Å². The molecule has 0 spiro atoms. The van der Waals surface area contributed by atoms with Gasteiger partial charge in [-0.15, -0.1) is 11.3 Å². The van der Waals surface area contributed by atoms with Gasteiger partial charge in [0.05, 0.1) is 18.4 Å². The molecule has 146 valence electrons. The minimum Gasteiger partial charge on any atom is -0.355 e. The number of hydrogen-bond acceptors (Lipinski definition) is 4. The second-order valence-electron chi connectivity index (χ2n) is 7.31. The quantitative estimate of drug-likeness (QED) is 0.664. The molecule has 6 heteroatoms. The molecule has 1 N–H and O–H groups in total. The second kappa shape index (κ2) is 8.71. The van der Waals surface area contributed by atoms with E-state index in [9.17, 15) is 4.79 Å². The lowest BCUT2D eigenvalue weighted by Crippen LogP contribution is -2.37. The summed E-state index contributed by atoms with van der Waals surface area (Å²) in [5.41, 5.74) is 2.17. The SMILES string of the molecule is Cc1ccc(C2CCCN2CC(=O)NCCc2cnn(-c3ccccc3)c2)s1. The molecule has 4 rings (SSSR count). The lowest BCUT2D eigenvalue weighted by atomic mass is 10.2. The Hall–Kier alpha value is -2.44. The highest BCUT2D eigenvalue weighted by atomic mass is 32.1. The van der Waals surface area contributed by atoms with E-state index in [1.807, 2.05) is 58.7 Å². The Bertz CT molecular complexity index is 918. The van der Waals surface area contributed by atoms with Crippen LogP contribution in [0.3, 0.4) is 0 Å². The molecular weight excluding hydrogens is 368 g/mol. The highest BCUT2D eigenvalue weighted by Crippen LogP contribution is 2.35. The summed E-state index contributed by atoms with van der Waals surface area (Å²) in [6.07, 6.45) is 6.98. The molecule has 1 aliphatic heterocycles. The molecule has 0 bridgehead atoms. The Morgan fingerprint density at radius 3 is 2.89 bits per heavy atom. The number of carbonyl (C=O) groups excluding carboxylic acids is 1. The highest BCUT2D eigenvalue weighted by Gasteiger charge is 2.28. The predicted molar refractivity (Wildman–Crippen MR) is 113 cm³/mol. The fourth-order valence-electron chi connectivity index (χ4n) is 3.77. The maximum absolute atomic E-state index is 12.4. The molecule has 0 saturated carbocycles. The van der Waals surface area contributed by atoms with Gasteiger partial charge in [0.25, 0.3) is 0 Å². The average Bonchev–Trinajstić information content (AvgIpc) is 3.44. The van der Waals surface area contributed by atoms with Crippen LogP contribution in [0.25, 0.3) is 5.69 Å². The number of carbonyl (C=O) groups is 1. The molecule has 1 aromatic carbocycles. The number of nitrogens with zero attached hydrogens (tertiary/aromatic N) is 3. The van der Waals surface area contributed by atoms with Gasteiger partial charge >= 0.3 is 0 Å². The first-order valence-electron chi connectivity index (χ1n) is 9.85. The van der Waals surface area contributed by atoms with E-state index >= 15 is 0 Å². The molecule has 1 amide bonds. The van der Waals surface area contributed by atoms with E-state index in [2.05, 4.69) is 34.4 Å². The van der Waals surface area contributed by atoms with Crippen molar-refractivity contribution in [1.29, 1.82) is 0 Å². The van der Waals surface area contributed by atoms with Crippen LogP contribution in [0.4, 0.5) is 0 Å². The molecule has 3 aromatic rings. The van der Waals surface area contributed by atoms with E-state index in [0.29, 0.717) is 19.1 Å². The van der Waals surface area contributed by atoms with Crippen molar-refractivity contribution in [2.24, 2.45) is 0 Å². The largest absolute Gasteiger partial charge is 0.355 e. The molecule has 28 heavy (non-hydrogen) atoms. The van der Waals surface area contributed by atoms with Crippen LogP contribution in [0.5, 0.6) is 0 Å². The summed E-state index contributed by atoms with van der Waals surface area (Å²) in [4.78, 5) is 17.5. The minimum absolute atomic E-state index is 0.107. The van der Waals surface area contributed by atoms with Crippen molar-refractivity contribution < 1.29 is 4.79 Å². The van der Waals surface area contributed by atoms with Crippen LogP contribution < -0.4 is 5.32 Å². The topological polar surface area (TPSA) is 50.2 Å². The van der Waals surface area contributed by atoms with Crippen LogP contribution in [0.2, 0.25) is 0 Å².